The quantitative estimate of drug-likeness (QED) is 0.814. The number of anilines is 2. The lowest BCUT2D eigenvalue weighted by Gasteiger charge is -2.05. The van der Waals surface area contributed by atoms with Gasteiger partial charge < -0.3 is 11.5 Å². The van der Waals surface area contributed by atoms with Gasteiger partial charge in [0, 0.05) is 6.07 Å². The van der Waals surface area contributed by atoms with E-state index in [0.717, 1.165) is 12.1 Å². The molecule has 96 valence electrons. The molecule has 0 aliphatic rings. The Kier molecular flexibility index (Phi) is 3.48. The molecule has 0 spiro atoms. The molecule has 0 amide bonds. The predicted molar refractivity (Wildman–Crippen MR) is 66.1 cm³/mol. The van der Waals surface area contributed by atoms with Gasteiger partial charge >= 0.3 is 0 Å². The molecule has 0 atom stereocenters. The number of nitrogen functional groups attached to an aromatic ring is 2. The van der Waals surface area contributed by atoms with Crippen molar-refractivity contribution in [3.63, 3.8) is 0 Å². The molecule has 19 heavy (non-hydrogen) atoms. The Balaban J connectivity index is 2.41. The normalized spacial score (nSPS) is 10.2. The summed E-state index contributed by atoms with van der Waals surface area (Å²) in [5, 5.41) is 8.62. The highest BCUT2D eigenvalue weighted by Crippen LogP contribution is 2.31. The highest BCUT2D eigenvalue weighted by atomic mass is 32.2. The van der Waals surface area contributed by atoms with Gasteiger partial charge in [-0.05, 0) is 23.9 Å². The molecular weight excluding hydrogens is 272 g/mol. The zero-order valence-electron chi connectivity index (χ0n) is 9.39. The smallest absolute Gasteiger partial charge is 0.196 e. The van der Waals surface area contributed by atoms with Crippen molar-refractivity contribution in [3.8, 4) is 6.07 Å². The summed E-state index contributed by atoms with van der Waals surface area (Å²) >= 11 is 0.647. The number of halogens is 2. The lowest BCUT2D eigenvalue weighted by atomic mass is 10.2. The summed E-state index contributed by atoms with van der Waals surface area (Å²) in [6, 6.07) is 4.85. The van der Waals surface area contributed by atoms with Gasteiger partial charge in [0.1, 0.15) is 23.3 Å². The second-order valence-corrected chi connectivity index (χ2v) is 4.46. The molecule has 1 heterocycles. The number of nitrogens with zero attached hydrogens (tertiary/aromatic N) is 3. The second kappa shape index (κ2) is 5.07. The monoisotopic (exact) mass is 279 g/mol. The minimum atomic E-state index is -0.869. The number of hydrogen-bond acceptors (Lipinski definition) is 6. The van der Waals surface area contributed by atoms with Crippen molar-refractivity contribution >= 4 is 23.4 Å². The van der Waals surface area contributed by atoms with Gasteiger partial charge in [-0.1, -0.05) is 0 Å². The van der Waals surface area contributed by atoms with E-state index >= 15 is 0 Å². The van der Waals surface area contributed by atoms with E-state index in [1.54, 1.807) is 6.07 Å². The molecule has 5 nitrogen and oxygen atoms in total. The first kappa shape index (κ1) is 13.0. The van der Waals surface area contributed by atoms with Gasteiger partial charge in [-0.3, -0.25) is 0 Å². The van der Waals surface area contributed by atoms with Crippen molar-refractivity contribution in [3.05, 3.63) is 35.4 Å². The Morgan fingerprint density at radius 3 is 2.05 bits per heavy atom. The summed E-state index contributed by atoms with van der Waals surface area (Å²) in [5.74, 6) is -1.54. The van der Waals surface area contributed by atoms with Crippen molar-refractivity contribution in [2.45, 2.75) is 10.1 Å². The lowest BCUT2D eigenvalue weighted by molar-refractivity contribution is 0.539. The molecule has 8 heteroatoms. The van der Waals surface area contributed by atoms with E-state index in [2.05, 4.69) is 9.97 Å². The molecule has 0 saturated heterocycles. The highest BCUT2D eigenvalue weighted by Gasteiger charge is 2.15. The third-order valence-electron chi connectivity index (χ3n) is 2.07. The Labute approximate surface area is 111 Å². The van der Waals surface area contributed by atoms with Crippen LogP contribution in [0.1, 0.15) is 5.56 Å². The summed E-state index contributed by atoms with van der Waals surface area (Å²) in [4.78, 5) is 7.30. The number of benzene rings is 1. The maximum atomic E-state index is 13.7. The van der Waals surface area contributed by atoms with Gasteiger partial charge in [-0.25, -0.2) is 18.7 Å². The topological polar surface area (TPSA) is 102 Å². The maximum Gasteiger partial charge on any atom is 0.196 e. The van der Waals surface area contributed by atoms with Gasteiger partial charge in [-0.15, -0.1) is 0 Å². The van der Waals surface area contributed by atoms with E-state index < -0.39 is 11.6 Å². The molecule has 0 saturated carbocycles. The summed E-state index contributed by atoms with van der Waals surface area (Å²) in [6.07, 6.45) is 0. The fraction of sp³-hybridized carbons (Fsp3) is 0. The maximum absolute atomic E-state index is 13.7. The average Bonchev–Trinajstić information content (AvgIpc) is 2.32. The van der Waals surface area contributed by atoms with Gasteiger partial charge in [0.2, 0.25) is 0 Å². The summed E-state index contributed by atoms with van der Waals surface area (Å²) in [6.45, 7) is 0. The van der Waals surface area contributed by atoms with Gasteiger partial charge in [0.05, 0.1) is 16.5 Å². The van der Waals surface area contributed by atoms with Crippen LogP contribution in [0.5, 0.6) is 0 Å². The molecule has 2 aromatic rings. The summed E-state index contributed by atoms with van der Waals surface area (Å²) < 4.78 is 27.3. The Hall–Kier alpha value is -2.40. The first-order valence-electron chi connectivity index (χ1n) is 4.96. The minimum Gasteiger partial charge on any atom is -0.383 e. The van der Waals surface area contributed by atoms with Crippen LogP contribution in [-0.2, 0) is 0 Å². The number of rotatable bonds is 2. The molecule has 0 aliphatic heterocycles. The van der Waals surface area contributed by atoms with E-state index in [0.29, 0.717) is 11.8 Å². The van der Waals surface area contributed by atoms with Crippen molar-refractivity contribution in [2.24, 2.45) is 0 Å². The van der Waals surface area contributed by atoms with Crippen LogP contribution in [0.4, 0.5) is 20.4 Å². The van der Waals surface area contributed by atoms with Crippen LogP contribution in [0.2, 0.25) is 0 Å². The highest BCUT2D eigenvalue weighted by molar-refractivity contribution is 7.99. The molecule has 1 aromatic carbocycles. The molecule has 0 unspecified atom stereocenters. The van der Waals surface area contributed by atoms with E-state index in [1.807, 2.05) is 0 Å². The van der Waals surface area contributed by atoms with Crippen LogP contribution in [0.3, 0.4) is 0 Å². The molecule has 0 fully saturated rings. The standard InChI is InChI=1S/C11H7F2N5S/c12-6-1-5(4-14)2-7(13)10(6)19-11-17-8(15)3-9(16)18-11/h1-3H,(H4,15,16,17,18). The van der Waals surface area contributed by atoms with Crippen molar-refractivity contribution in [1.29, 1.82) is 5.26 Å². The molecule has 0 radical (unpaired) electrons. The number of nitrogens with two attached hydrogens (primary N) is 2. The number of aromatic nitrogens is 2. The summed E-state index contributed by atoms with van der Waals surface area (Å²) in [5.41, 5.74) is 10.8. The first-order chi connectivity index (χ1) is 8.99. The third kappa shape index (κ3) is 2.89. The summed E-state index contributed by atoms with van der Waals surface area (Å²) in [7, 11) is 0. The molecule has 1 aromatic heterocycles. The Morgan fingerprint density at radius 2 is 1.58 bits per heavy atom. The number of hydrogen-bond donors (Lipinski definition) is 2. The number of nitriles is 1. The van der Waals surface area contributed by atoms with Gasteiger partial charge in [0.25, 0.3) is 0 Å². The molecular formula is C11H7F2N5S. The van der Waals surface area contributed by atoms with Crippen LogP contribution in [0, 0.1) is 23.0 Å². The van der Waals surface area contributed by atoms with Gasteiger partial charge in [0.15, 0.2) is 5.16 Å². The van der Waals surface area contributed by atoms with E-state index in [-0.39, 0.29) is 27.3 Å². The van der Waals surface area contributed by atoms with Crippen LogP contribution >= 0.6 is 11.8 Å². The molecule has 4 N–H and O–H groups in total. The van der Waals surface area contributed by atoms with E-state index in [1.165, 1.54) is 6.07 Å². The second-order valence-electron chi connectivity index (χ2n) is 3.48. The fourth-order valence-corrected chi connectivity index (χ4v) is 2.12. The Bertz CT molecular complexity index is 640. The zero-order chi connectivity index (χ0) is 14.0. The van der Waals surface area contributed by atoms with Crippen LogP contribution in [-0.4, -0.2) is 9.97 Å². The van der Waals surface area contributed by atoms with Crippen LogP contribution in [0.25, 0.3) is 0 Å². The molecule has 2 rings (SSSR count). The van der Waals surface area contributed by atoms with Crippen LogP contribution in [0.15, 0.2) is 28.3 Å². The van der Waals surface area contributed by atoms with Gasteiger partial charge in [-0.2, -0.15) is 5.26 Å². The Morgan fingerprint density at radius 1 is 1.05 bits per heavy atom. The molecule has 0 bridgehead atoms. The SMILES string of the molecule is N#Cc1cc(F)c(Sc2nc(N)cc(N)n2)c(F)c1. The van der Waals surface area contributed by atoms with E-state index in [4.69, 9.17) is 16.7 Å². The third-order valence-corrected chi connectivity index (χ3v) is 3.03. The lowest BCUT2D eigenvalue weighted by Crippen LogP contribution is -2.00. The fourth-order valence-electron chi connectivity index (χ4n) is 1.32. The zero-order valence-corrected chi connectivity index (χ0v) is 10.2. The van der Waals surface area contributed by atoms with Crippen molar-refractivity contribution < 1.29 is 8.78 Å². The van der Waals surface area contributed by atoms with Crippen molar-refractivity contribution in [1.82, 2.24) is 9.97 Å². The molecule has 0 aliphatic carbocycles. The average molecular weight is 279 g/mol. The predicted octanol–water partition coefficient (Wildman–Crippen LogP) is 1.94. The minimum absolute atomic E-state index is 0.0278. The van der Waals surface area contributed by atoms with Crippen molar-refractivity contribution in [2.75, 3.05) is 11.5 Å². The van der Waals surface area contributed by atoms with Crippen LogP contribution < -0.4 is 11.5 Å². The largest absolute Gasteiger partial charge is 0.383 e. The van der Waals surface area contributed by atoms with E-state index in [9.17, 15) is 8.78 Å². The first-order valence-corrected chi connectivity index (χ1v) is 5.78.